The molecule has 0 radical (unpaired) electrons. The molecule has 0 unspecified atom stereocenters. The Morgan fingerprint density at radius 1 is 1.14 bits per heavy atom. The maximum Gasteiger partial charge on any atom is 0.340 e. The zero-order valence-corrected chi connectivity index (χ0v) is 17.9. The van der Waals surface area contributed by atoms with Gasteiger partial charge in [0.15, 0.2) is 0 Å². The monoisotopic (exact) mass is 391 g/mol. The maximum atomic E-state index is 12.8. The minimum atomic E-state index is -0.613. The van der Waals surface area contributed by atoms with Gasteiger partial charge in [0.2, 0.25) is 5.91 Å². The Hall–Kier alpha value is -2.12. The number of rotatable bonds is 6. The number of anilines is 2. The smallest absolute Gasteiger partial charge is 0.340 e. The quantitative estimate of drug-likeness (QED) is 0.694. The molecule has 0 N–H and O–H groups in total. The Bertz CT molecular complexity index is 691. The van der Waals surface area contributed by atoms with Gasteiger partial charge in [0.1, 0.15) is 5.60 Å². The lowest BCUT2D eigenvalue weighted by molar-refractivity contribution is -0.116. The minimum Gasteiger partial charge on any atom is -0.456 e. The number of amides is 1. The van der Waals surface area contributed by atoms with E-state index < -0.39 is 11.6 Å². The third-order valence-corrected chi connectivity index (χ3v) is 4.66. The molecule has 28 heavy (non-hydrogen) atoms. The normalized spacial score (nSPS) is 15.4. The molecule has 7 heteroatoms. The Balaban J connectivity index is 2.43. The molecular formula is C21H33N3O4. The number of likely N-dealkylation sites (N-methyl/N-ethyl adjacent to an activating group) is 1. The first-order valence-corrected chi connectivity index (χ1v) is 9.70. The first-order valence-electron chi connectivity index (χ1n) is 9.70. The van der Waals surface area contributed by atoms with E-state index in [0.717, 1.165) is 31.9 Å². The van der Waals surface area contributed by atoms with Gasteiger partial charge in [-0.1, -0.05) is 0 Å². The highest BCUT2D eigenvalue weighted by molar-refractivity contribution is 6.03. The van der Waals surface area contributed by atoms with Crippen molar-refractivity contribution < 1.29 is 19.1 Å². The van der Waals surface area contributed by atoms with E-state index in [1.165, 1.54) is 6.92 Å². The number of benzene rings is 1. The molecule has 1 aromatic rings. The van der Waals surface area contributed by atoms with Crippen LogP contribution in [-0.2, 0) is 14.3 Å². The van der Waals surface area contributed by atoms with Gasteiger partial charge in [0, 0.05) is 52.4 Å². The highest BCUT2D eigenvalue weighted by Gasteiger charge is 2.26. The maximum absolute atomic E-state index is 12.8. The van der Waals surface area contributed by atoms with E-state index in [2.05, 4.69) is 16.8 Å². The summed E-state index contributed by atoms with van der Waals surface area (Å²) in [5, 5.41) is 0. The Labute approximate surface area is 168 Å². The van der Waals surface area contributed by atoms with Gasteiger partial charge >= 0.3 is 5.97 Å². The average molecular weight is 392 g/mol. The molecule has 1 aliphatic rings. The van der Waals surface area contributed by atoms with Gasteiger partial charge < -0.3 is 24.2 Å². The Morgan fingerprint density at radius 2 is 1.79 bits per heavy atom. The minimum absolute atomic E-state index is 0.141. The number of hydrogen-bond donors (Lipinski definition) is 0. The number of nitrogens with zero attached hydrogens (tertiary/aromatic N) is 3. The molecule has 7 nitrogen and oxygen atoms in total. The third-order valence-electron chi connectivity index (χ3n) is 4.66. The van der Waals surface area contributed by atoms with E-state index in [0.29, 0.717) is 24.4 Å². The molecule has 1 heterocycles. The number of hydrogen-bond acceptors (Lipinski definition) is 6. The fourth-order valence-electron chi connectivity index (χ4n) is 3.14. The van der Waals surface area contributed by atoms with Crippen LogP contribution in [0.15, 0.2) is 18.2 Å². The second-order valence-corrected chi connectivity index (χ2v) is 8.16. The molecule has 0 aromatic heterocycles. The number of carbonyl (C=O) groups is 2. The van der Waals surface area contributed by atoms with Crippen LogP contribution in [0.5, 0.6) is 0 Å². The van der Waals surface area contributed by atoms with E-state index >= 15 is 0 Å². The van der Waals surface area contributed by atoms with Crippen LogP contribution in [-0.4, -0.2) is 75.9 Å². The number of piperazine rings is 1. The highest BCUT2D eigenvalue weighted by Crippen LogP contribution is 2.29. The van der Waals surface area contributed by atoms with Crippen LogP contribution in [0.2, 0.25) is 0 Å². The van der Waals surface area contributed by atoms with Crippen molar-refractivity contribution in [2.75, 3.05) is 63.3 Å². The molecule has 1 saturated heterocycles. The Morgan fingerprint density at radius 3 is 2.32 bits per heavy atom. The van der Waals surface area contributed by atoms with E-state index in [-0.39, 0.29) is 5.91 Å². The molecule has 0 saturated carbocycles. The van der Waals surface area contributed by atoms with Crippen molar-refractivity contribution in [1.29, 1.82) is 0 Å². The SMILES string of the molecule is COCCN(C(C)=O)c1cc(N2CCN(C)CC2)ccc1C(=O)OC(C)(C)C. The van der Waals surface area contributed by atoms with E-state index in [9.17, 15) is 9.59 Å². The first-order chi connectivity index (χ1) is 13.1. The largest absolute Gasteiger partial charge is 0.456 e. The molecule has 0 aliphatic carbocycles. The van der Waals surface area contributed by atoms with Crippen LogP contribution in [0.3, 0.4) is 0 Å². The lowest BCUT2D eigenvalue weighted by Crippen LogP contribution is -2.44. The van der Waals surface area contributed by atoms with Crippen LogP contribution in [0.4, 0.5) is 11.4 Å². The zero-order valence-electron chi connectivity index (χ0n) is 17.9. The summed E-state index contributed by atoms with van der Waals surface area (Å²) in [5.74, 6) is -0.575. The van der Waals surface area contributed by atoms with Gasteiger partial charge in [0.25, 0.3) is 0 Å². The summed E-state index contributed by atoms with van der Waals surface area (Å²) in [6.45, 7) is 11.5. The topological polar surface area (TPSA) is 62.3 Å². The highest BCUT2D eigenvalue weighted by atomic mass is 16.6. The summed E-state index contributed by atoms with van der Waals surface area (Å²) in [7, 11) is 3.70. The van der Waals surface area contributed by atoms with Gasteiger partial charge in [-0.2, -0.15) is 0 Å². The molecule has 2 rings (SSSR count). The fourth-order valence-corrected chi connectivity index (χ4v) is 3.14. The van der Waals surface area contributed by atoms with Gasteiger partial charge in [-0.05, 0) is 46.0 Å². The molecule has 0 bridgehead atoms. The van der Waals surface area contributed by atoms with Crippen LogP contribution < -0.4 is 9.80 Å². The van der Waals surface area contributed by atoms with Gasteiger partial charge in [0.05, 0.1) is 17.9 Å². The fraction of sp³-hybridized carbons (Fsp3) is 0.619. The molecule has 0 atom stereocenters. The van der Waals surface area contributed by atoms with Crippen molar-refractivity contribution in [2.24, 2.45) is 0 Å². The van der Waals surface area contributed by atoms with Gasteiger partial charge in [-0.25, -0.2) is 4.79 Å². The Kier molecular flexibility index (Phi) is 7.43. The van der Waals surface area contributed by atoms with Crippen LogP contribution in [0.1, 0.15) is 38.1 Å². The van der Waals surface area contributed by atoms with Crippen LogP contribution in [0.25, 0.3) is 0 Å². The number of esters is 1. The van der Waals surface area contributed by atoms with Gasteiger partial charge in [-0.3, -0.25) is 4.79 Å². The van der Waals surface area contributed by atoms with E-state index in [4.69, 9.17) is 9.47 Å². The summed E-state index contributed by atoms with van der Waals surface area (Å²) >= 11 is 0. The standard InChI is InChI=1S/C21H33N3O4/c1-16(25)24(13-14-27-6)19-15-17(23-11-9-22(5)10-12-23)7-8-18(19)20(26)28-21(2,3)4/h7-8,15H,9-14H2,1-6H3. The van der Waals surface area contributed by atoms with Crippen molar-refractivity contribution >= 4 is 23.3 Å². The molecule has 0 spiro atoms. The van der Waals surface area contributed by atoms with Crippen molar-refractivity contribution in [3.05, 3.63) is 23.8 Å². The first kappa shape index (κ1) is 22.2. The molecule has 1 amide bonds. The molecule has 1 aliphatic heterocycles. The summed E-state index contributed by atoms with van der Waals surface area (Å²) in [4.78, 5) is 31.3. The predicted molar refractivity (Wildman–Crippen MR) is 111 cm³/mol. The second kappa shape index (κ2) is 9.39. The molecular weight excluding hydrogens is 358 g/mol. The van der Waals surface area contributed by atoms with Crippen molar-refractivity contribution in [2.45, 2.75) is 33.3 Å². The zero-order chi connectivity index (χ0) is 20.9. The molecule has 156 valence electrons. The number of methoxy groups -OCH3 is 1. The summed E-state index contributed by atoms with van der Waals surface area (Å²) < 4.78 is 10.7. The van der Waals surface area contributed by atoms with Crippen LogP contribution in [0, 0.1) is 0 Å². The van der Waals surface area contributed by atoms with Crippen molar-refractivity contribution in [3.63, 3.8) is 0 Å². The van der Waals surface area contributed by atoms with Crippen LogP contribution >= 0.6 is 0 Å². The average Bonchev–Trinajstić information content (AvgIpc) is 2.61. The van der Waals surface area contributed by atoms with E-state index in [1.807, 2.05) is 32.9 Å². The summed E-state index contributed by atoms with van der Waals surface area (Å²) in [6.07, 6.45) is 0. The van der Waals surface area contributed by atoms with Crippen molar-refractivity contribution in [1.82, 2.24) is 4.90 Å². The summed E-state index contributed by atoms with van der Waals surface area (Å²) in [5.41, 5.74) is 1.34. The van der Waals surface area contributed by atoms with E-state index in [1.54, 1.807) is 18.1 Å². The second-order valence-electron chi connectivity index (χ2n) is 8.16. The number of carbonyl (C=O) groups excluding carboxylic acids is 2. The summed E-state index contributed by atoms with van der Waals surface area (Å²) in [6, 6.07) is 5.62. The molecule has 1 aromatic carbocycles. The lowest BCUT2D eigenvalue weighted by atomic mass is 10.1. The number of ether oxygens (including phenoxy) is 2. The molecule has 1 fully saturated rings. The lowest BCUT2D eigenvalue weighted by Gasteiger charge is -2.35. The predicted octanol–water partition coefficient (Wildman–Crippen LogP) is 2.39. The third kappa shape index (κ3) is 5.94. The van der Waals surface area contributed by atoms with Crippen molar-refractivity contribution in [3.8, 4) is 0 Å². The van der Waals surface area contributed by atoms with Gasteiger partial charge in [-0.15, -0.1) is 0 Å².